The van der Waals surface area contributed by atoms with E-state index in [0.717, 1.165) is 35.1 Å². The van der Waals surface area contributed by atoms with E-state index in [-0.39, 0.29) is 37.7 Å². The number of hydrogen-bond acceptors (Lipinski definition) is 4. The second-order valence-electron chi connectivity index (χ2n) is 10.8. The average molecular weight is 647 g/mol. The van der Waals surface area contributed by atoms with Gasteiger partial charge in [0.15, 0.2) is 0 Å². The molecule has 0 aromatic heterocycles. The van der Waals surface area contributed by atoms with Crippen LogP contribution in [0, 0.1) is 13.8 Å². The van der Waals surface area contributed by atoms with Crippen molar-refractivity contribution in [1.29, 1.82) is 0 Å². The number of hydrogen-bond donors (Lipinski definition) is 1. The summed E-state index contributed by atoms with van der Waals surface area (Å²) in [4.78, 5) is 29.2. The normalized spacial score (nSPS) is 12.0. The lowest BCUT2D eigenvalue weighted by Gasteiger charge is -2.32. The predicted molar refractivity (Wildman–Crippen MR) is 176 cm³/mol. The zero-order valence-corrected chi connectivity index (χ0v) is 27.6. The summed E-state index contributed by atoms with van der Waals surface area (Å²) in [7, 11) is -3.60. The Morgan fingerprint density at radius 1 is 0.907 bits per heavy atom. The number of nitrogens with one attached hydrogen (secondary N) is 1. The fraction of sp³-hybridized carbons (Fsp3) is 0.394. The van der Waals surface area contributed by atoms with E-state index in [1.54, 1.807) is 29.2 Å². The van der Waals surface area contributed by atoms with Crippen molar-refractivity contribution in [2.24, 2.45) is 0 Å². The highest BCUT2D eigenvalue weighted by molar-refractivity contribution is 7.92. The Hall–Kier alpha value is -3.07. The topological polar surface area (TPSA) is 86.8 Å². The Labute approximate surface area is 266 Å². The van der Waals surface area contributed by atoms with Gasteiger partial charge in [0, 0.05) is 32.5 Å². The minimum atomic E-state index is -3.60. The monoisotopic (exact) mass is 645 g/mol. The molecule has 3 aromatic rings. The SMILES string of the molecule is CCCCNC(=O)[C@@H](Cc1ccccc1)N(Cc1ccc(Cl)c(Cl)c1)C(=O)CCCN(c1cccc(C)c1C)S(C)(=O)=O. The van der Waals surface area contributed by atoms with Gasteiger partial charge in [0.05, 0.1) is 22.0 Å². The maximum atomic E-state index is 14.0. The smallest absolute Gasteiger partial charge is 0.243 e. The van der Waals surface area contributed by atoms with Crippen molar-refractivity contribution >= 4 is 50.7 Å². The molecule has 0 bridgehead atoms. The van der Waals surface area contributed by atoms with E-state index < -0.39 is 16.1 Å². The number of amides is 2. The molecule has 0 aliphatic heterocycles. The molecule has 232 valence electrons. The van der Waals surface area contributed by atoms with Crippen LogP contribution in [-0.4, -0.2) is 50.5 Å². The minimum absolute atomic E-state index is 0.0474. The summed E-state index contributed by atoms with van der Waals surface area (Å²) in [5.74, 6) is -0.495. The van der Waals surface area contributed by atoms with Gasteiger partial charge in [-0.15, -0.1) is 0 Å². The van der Waals surface area contributed by atoms with Gasteiger partial charge in [-0.05, 0) is 67.1 Å². The summed E-state index contributed by atoms with van der Waals surface area (Å²) in [5, 5.41) is 3.76. The number of sulfonamides is 1. The van der Waals surface area contributed by atoms with Gasteiger partial charge in [-0.3, -0.25) is 13.9 Å². The molecule has 0 spiro atoms. The quantitative estimate of drug-likeness (QED) is 0.186. The Bertz CT molecular complexity index is 1500. The predicted octanol–water partition coefficient (Wildman–Crippen LogP) is 6.71. The van der Waals surface area contributed by atoms with Gasteiger partial charge in [-0.1, -0.05) is 85.1 Å². The van der Waals surface area contributed by atoms with Crippen molar-refractivity contribution in [3.63, 3.8) is 0 Å². The van der Waals surface area contributed by atoms with Gasteiger partial charge in [0.2, 0.25) is 21.8 Å². The van der Waals surface area contributed by atoms with Gasteiger partial charge in [-0.2, -0.15) is 0 Å². The van der Waals surface area contributed by atoms with Crippen LogP contribution in [0.5, 0.6) is 0 Å². The van der Waals surface area contributed by atoms with E-state index in [1.165, 1.54) is 10.6 Å². The second-order valence-corrected chi connectivity index (χ2v) is 13.5. The van der Waals surface area contributed by atoms with Crippen LogP contribution in [0.15, 0.2) is 66.7 Å². The Balaban J connectivity index is 1.91. The lowest BCUT2D eigenvalue weighted by Crippen LogP contribution is -2.50. The summed E-state index contributed by atoms with van der Waals surface area (Å²) >= 11 is 12.4. The molecule has 3 aromatic carbocycles. The number of unbranched alkanes of at least 4 members (excludes halogenated alkanes) is 1. The summed E-state index contributed by atoms with van der Waals surface area (Å²) in [6.07, 6.45) is 3.56. The van der Waals surface area contributed by atoms with E-state index in [1.807, 2.05) is 63.2 Å². The number of carbonyl (C=O) groups excluding carboxylic acids is 2. The first-order valence-electron chi connectivity index (χ1n) is 14.5. The molecule has 0 saturated carbocycles. The number of benzene rings is 3. The van der Waals surface area contributed by atoms with Crippen molar-refractivity contribution in [2.75, 3.05) is 23.7 Å². The summed E-state index contributed by atoms with van der Waals surface area (Å²) in [6.45, 7) is 6.64. The number of halogens is 2. The molecular formula is C33H41Cl2N3O4S. The number of aryl methyl sites for hydroxylation is 1. The highest BCUT2D eigenvalue weighted by atomic mass is 35.5. The van der Waals surface area contributed by atoms with Gasteiger partial charge < -0.3 is 10.2 Å². The first kappa shape index (κ1) is 34.4. The van der Waals surface area contributed by atoms with Crippen LogP contribution in [0.4, 0.5) is 5.69 Å². The first-order valence-corrected chi connectivity index (χ1v) is 17.1. The molecule has 0 unspecified atom stereocenters. The molecule has 10 heteroatoms. The van der Waals surface area contributed by atoms with Crippen molar-refractivity contribution in [3.8, 4) is 0 Å². The standard InChI is InChI=1S/C33H41Cl2N3O4S/c1-5-6-19-36-33(40)31(22-26-13-8-7-9-14-26)37(23-27-17-18-28(34)29(35)21-27)32(39)16-11-20-38(43(4,41)42)30-15-10-12-24(2)25(30)3/h7-10,12-15,17-18,21,31H,5-6,11,16,19-20,22-23H2,1-4H3,(H,36,40)/t31-/m1/s1. The molecule has 0 fully saturated rings. The molecule has 1 N–H and O–H groups in total. The number of anilines is 1. The third-order valence-corrected chi connectivity index (χ3v) is 9.35. The van der Waals surface area contributed by atoms with Crippen LogP contribution < -0.4 is 9.62 Å². The van der Waals surface area contributed by atoms with Crippen molar-refractivity contribution in [3.05, 3.63) is 99.0 Å². The molecule has 0 aliphatic rings. The number of nitrogens with zero attached hydrogens (tertiary/aromatic N) is 2. The minimum Gasteiger partial charge on any atom is -0.354 e. The van der Waals surface area contributed by atoms with Crippen LogP contribution in [0.3, 0.4) is 0 Å². The molecule has 7 nitrogen and oxygen atoms in total. The third-order valence-electron chi connectivity index (χ3n) is 7.43. The average Bonchev–Trinajstić information content (AvgIpc) is 2.96. The zero-order chi connectivity index (χ0) is 31.6. The first-order chi connectivity index (χ1) is 20.4. The Kier molecular flexibility index (Phi) is 12.9. The highest BCUT2D eigenvalue weighted by Crippen LogP contribution is 2.27. The van der Waals surface area contributed by atoms with Crippen LogP contribution in [0.25, 0.3) is 0 Å². The van der Waals surface area contributed by atoms with Crippen LogP contribution in [0.2, 0.25) is 10.0 Å². The van der Waals surface area contributed by atoms with E-state index in [2.05, 4.69) is 5.32 Å². The van der Waals surface area contributed by atoms with Gasteiger partial charge in [0.1, 0.15) is 6.04 Å². The Morgan fingerprint density at radius 3 is 2.28 bits per heavy atom. The molecule has 0 aliphatic carbocycles. The zero-order valence-electron chi connectivity index (χ0n) is 25.3. The lowest BCUT2D eigenvalue weighted by atomic mass is 10.0. The van der Waals surface area contributed by atoms with Crippen LogP contribution >= 0.6 is 23.2 Å². The molecule has 0 radical (unpaired) electrons. The molecule has 43 heavy (non-hydrogen) atoms. The third kappa shape index (κ3) is 9.98. The van der Waals surface area contributed by atoms with Crippen LogP contribution in [-0.2, 0) is 32.6 Å². The fourth-order valence-corrected chi connectivity index (χ4v) is 6.22. The van der Waals surface area contributed by atoms with Crippen LogP contribution in [0.1, 0.15) is 54.9 Å². The largest absolute Gasteiger partial charge is 0.354 e. The van der Waals surface area contributed by atoms with Gasteiger partial charge >= 0.3 is 0 Å². The highest BCUT2D eigenvalue weighted by Gasteiger charge is 2.30. The maximum absolute atomic E-state index is 14.0. The molecule has 1 atom stereocenters. The summed E-state index contributed by atoms with van der Waals surface area (Å²) in [6, 6.07) is 19.5. The molecular weight excluding hydrogens is 605 g/mol. The van der Waals surface area contributed by atoms with Crippen molar-refractivity contribution < 1.29 is 18.0 Å². The molecule has 0 saturated heterocycles. The van der Waals surface area contributed by atoms with Gasteiger partial charge in [-0.25, -0.2) is 8.42 Å². The van der Waals surface area contributed by atoms with E-state index >= 15 is 0 Å². The van der Waals surface area contributed by atoms with E-state index in [0.29, 0.717) is 28.7 Å². The van der Waals surface area contributed by atoms with E-state index in [9.17, 15) is 18.0 Å². The Morgan fingerprint density at radius 2 is 1.63 bits per heavy atom. The summed E-state index contributed by atoms with van der Waals surface area (Å²) < 4.78 is 26.9. The summed E-state index contributed by atoms with van der Waals surface area (Å²) in [5.41, 5.74) is 4.10. The van der Waals surface area contributed by atoms with E-state index in [4.69, 9.17) is 23.2 Å². The molecule has 0 heterocycles. The number of rotatable bonds is 15. The fourth-order valence-electron chi connectivity index (χ4n) is 4.88. The number of carbonyl (C=O) groups is 2. The molecule has 2 amide bonds. The molecule has 3 rings (SSSR count). The van der Waals surface area contributed by atoms with Crippen molar-refractivity contribution in [2.45, 2.75) is 65.5 Å². The lowest BCUT2D eigenvalue weighted by molar-refractivity contribution is -0.141. The van der Waals surface area contributed by atoms with Gasteiger partial charge in [0.25, 0.3) is 0 Å². The van der Waals surface area contributed by atoms with Crippen molar-refractivity contribution in [1.82, 2.24) is 10.2 Å². The second kappa shape index (κ2) is 16.1. The maximum Gasteiger partial charge on any atom is 0.243 e.